The zero-order valence-electron chi connectivity index (χ0n) is 10.2. The molecule has 1 fully saturated rings. The van der Waals surface area contributed by atoms with Crippen LogP contribution >= 0.6 is 0 Å². The first-order valence-corrected chi connectivity index (χ1v) is 6.00. The highest BCUT2D eigenvalue weighted by atomic mass is 19.4. The van der Waals surface area contributed by atoms with E-state index in [2.05, 4.69) is 20.4 Å². The molecule has 0 amide bonds. The molecule has 0 aromatic carbocycles. The van der Waals surface area contributed by atoms with E-state index >= 15 is 0 Å². The van der Waals surface area contributed by atoms with Crippen LogP contribution in [0.2, 0.25) is 0 Å². The lowest BCUT2D eigenvalue weighted by Gasteiger charge is -2.32. The molecule has 0 aliphatic carbocycles. The molecule has 0 saturated carbocycles. The van der Waals surface area contributed by atoms with Crippen molar-refractivity contribution in [2.24, 2.45) is 0 Å². The van der Waals surface area contributed by atoms with E-state index in [-0.39, 0.29) is 0 Å². The summed E-state index contributed by atoms with van der Waals surface area (Å²) in [6.07, 6.45) is -2.19. The fraction of sp³-hybridized carbons (Fsp3) is 0.727. The monoisotopic (exact) mass is 262 g/mol. The lowest BCUT2D eigenvalue weighted by atomic mass is 10.1. The van der Waals surface area contributed by atoms with Crippen molar-refractivity contribution in [2.75, 3.05) is 20.1 Å². The van der Waals surface area contributed by atoms with Crippen LogP contribution in [0.25, 0.3) is 0 Å². The molecule has 1 saturated heterocycles. The summed E-state index contributed by atoms with van der Waals surface area (Å²) in [6, 6.07) is 1.51. The summed E-state index contributed by atoms with van der Waals surface area (Å²) in [7, 11) is 1.91. The molecule has 4 nitrogen and oxygen atoms in total. The molecule has 1 aliphatic rings. The van der Waals surface area contributed by atoms with E-state index in [4.69, 9.17) is 0 Å². The molecule has 2 N–H and O–H groups in total. The zero-order chi connectivity index (χ0) is 13.2. The number of piperidine rings is 1. The summed E-state index contributed by atoms with van der Waals surface area (Å²) in [4.78, 5) is 2.14. The third-order valence-corrected chi connectivity index (χ3v) is 3.23. The lowest BCUT2D eigenvalue weighted by molar-refractivity contribution is -0.141. The number of halogens is 3. The van der Waals surface area contributed by atoms with Gasteiger partial charge in [0, 0.05) is 24.8 Å². The minimum Gasteiger partial charge on any atom is -0.316 e. The number of nitrogens with one attached hydrogen (secondary N) is 2. The van der Waals surface area contributed by atoms with Gasteiger partial charge in [0.2, 0.25) is 0 Å². The zero-order valence-corrected chi connectivity index (χ0v) is 10.2. The summed E-state index contributed by atoms with van der Waals surface area (Å²) < 4.78 is 37.2. The molecule has 18 heavy (non-hydrogen) atoms. The third kappa shape index (κ3) is 3.23. The van der Waals surface area contributed by atoms with Gasteiger partial charge >= 0.3 is 6.18 Å². The van der Waals surface area contributed by atoms with Gasteiger partial charge in [-0.3, -0.25) is 10.00 Å². The molecule has 2 rings (SSSR count). The van der Waals surface area contributed by atoms with Gasteiger partial charge in [0.25, 0.3) is 0 Å². The van der Waals surface area contributed by atoms with Crippen LogP contribution in [0.1, 0.15) is 24.2 Å². The summed E-state index contributed by atoms with van der Waals surface area (Å²) in [6.45, 7) is 2.26. The van der Waals surface area contributed by atoms with Gasteiger partial charge in [0.15, 0.2) is 5.69 Å². The van der Waals surface area contributed by atoms with E-state index in [1.807, 2.05) is 7.05 Å². The smallest absolute Gasteiger partial charge is 0.316 e. The Morgan fingerprint density at radius 2 is 2.33 bits per heavy atom. The minimum absolute atomic E-state index is 0.420. The molecule has 1 aliphatic heterocycles. The van der Waals surface area contributed by atoms with Crippen molar-refractivity contribution in [3.8, 4) is 0 Å². The van der Waals surface area contributed by atoms with Gasteiger partial charge in [-0.1, -0.05) is 0 Å². The van der Waals surface area contributed by atoms with Crippen molar-refractivity contribution < 1.29 is 13.2 Å². The average molecular weight is 262 g/mol. The second kappa shape index (κ2) is 5.27. The molecule has 1 atom stereocenters. The molecule has 0 radical (unpaired) electrons. The van der Waals surface area contributed by atoms with E-state index in [9.17, 15) is 13.2 Å². The fourth-order valence-electron chi connectivity index (χ4n) is 2.26. The molecule has 1 aromatic rings. The first-order chi connectivity index (χ1) is 8.49. The first kappa shape index (κ1) is 13.4. The average Bonchev–Trinajstić information content (AvgIpc) is 2.77. The van der Waals surface area contributed by atoms with E-state index < -0.39 is 11.9 Å². The molecule has 1 unspecified atom stereocenters. The second-order valence-electron chi connectivity index (χ2n) is 4.64. The molecule has 1 aromatic heterocycles. The van der Waals surface area contributed by atoms with Crippen molar-refractivity contribution >= 4 is 0 Å². The topological polar surface area (TPSA) is 44.0 Å². The number of hydrogen-bond acceptors (Lipinski definition) is 3. The quantitative estimate of drug-likeness (QED) is 0.870. The number of likely N-dealkylation sites (N-methyl/N-ethyl adjacent to an activating group) is 1. The summed E-state index contributed by atoms with van der Waals surface area (Å²) >= 11 is 0. The Morgan fingerprint density at radius 1 is 1.56 bits per heavy atom. The third-order valence-electron chi connectivity index (χ3n) is 3.23. The summed E-state index contributed by atoms with van der Waals surface area (Å²) in [5.41, 5.74) is -0.334. The van der Waals surface area contributed by atoms with Gasteiger partial charge in [-0.25, -0.2) is 0 Å². The predicted octanol–water partition coefficient (Wildman–Crippen LogP) is 1.61. The molecule has 102 valence electrons. The molecule has 7 heteroatoms. The highest BCUT2D eigenvalue weighted by molar-refractivity contribution is 5.11. The van der Waals surface area contributed by atoms with E-state index in [0.29, 0.717) is 18.3 Å². The highest BCUT2D eigenvalue weighted by Gasteiger charge is 2.34. The van der Waals surface area contributed by atoms with E-state index in [1.165, 1.54) is 0 Å². The SMILES string of the molecule is CNC1CCCN(Cc2cc(C(F)(F)F)n[nH]2)C1. The van der Waals surface area contributed by atoms with Crippen molar-refractivity contribution in [1.29, 1.82) is 0 Å². The fourth-order valence-corrected chi connectivity index (χ4v) is 2.26. The second-order valence-corrected chi connectivity index (χ2v) is 4.64. The van der Waals surface area contributed by atoms with Gasteiger partial charge in [0.1, 0.15) is 0 Å². The van der Waals surface area contributed by atoms with E-state index in [1.54, 1.807) is 0 Å². The van der Waals surface area contributed by atoms with Crippen molar-refractivity contribution in [1.82, 2.24) is 20.4 Å². The Hall–Kier alpha value is -1.08. The van der Waals surface area contributed by atoms with Gasteiger partial charge in [-0.15, -0.1) is 0 Å². The van der Waals surface area contributed by atoms with Crippen molar-refractivity contribution in [3.63, 3.8) is 0 Å². The maximum atomic E-state index is 12.4. The summed E-state index contributed by atoms with van der Waals surface area (Å²) in [5.74, 6) is 0. The van der Waals surface area contributed by atoms with Crippen LogP contribution in [0, 0.1) is 0 Å². The van der Waals surface area contributed by atoms with Crippen LogP contribution in [0.5, 0.6) is 0 Å². The van der Waals surface area contributed by atoms with Gasteiger partial charge in [-0.2, -0.15) is 18.3 Å². The lowest BCUT2D eigenvalue weighted by Crippen LogP contribution is -2.43. The van der Waals surface area contributed by atoms with Crippen molar-refractivity contribution in [2.45, 2.75) is 31.6 Å². The highest BCUT2D eigenvalue weighted by Crippen LogP contribution is 2.28. The summed E-state index contributed by atoms with van der Waals surface area (Å²) in [5, 5.41) is 8.96. The molecular weight excluding hydrogens is 245 g/mol. The normalized spacial score (nSPS) is 22.3. The van der Waals surface area contributed by atoms with Crippen LogP contribution in [-0.2, 0) is 12.7 Å². The molecular formula is C11H17F3N4. The molecule has 2 heterocycles. The van der Waals surface area contributed by atoms with Crippen LogP contribution < -0.4 is 5.32 Å². The van der Waals surface area contributed by atoms with Gasteiger partial charge < -0.3 is 5.32 Å². The number of hydrogen-bond donors (Lipinski definition) is 2. The first-order valence-electron chi connectivity index (χ1n) is 6.00. The number of rotatable bonds is 3. The minimum atomic E-state index is -4.37. The number of likely N-dealkylation sites (tertiary alicyclic amines) is 1. The number of H-pyrrole nitrogens is 1. The van der Waals surface area contributed by atoms with Crippen molar-refractivity contribution in [3.05, 3.63) is 17.5 Å². The Kier molecular flexibility index (Phi) is 3.91. The number of aromatic nitrogens is 2. The Morgan fingerprint density at radius 3 is 2.94 bits per heavy atom. The number of nitrogens with zero attached hydrogens (tertiary/aromatic N) is 2. The maximum absolute atomic E-state index is 12.4. The standard InChI is InChI=1S/C11H17F3N4/c1-15-8-3-2-4-18(6-8)7-9-5-10(17-16-9)11(12,13)14/h5,8,15H,2-4,6-7H2,1H3,(H,16,17). The van der Waals surface area contributed by atoms with Gasteiger partial charge in [0.05, 0.1) is 0 Å². The van der Waals surface area contributed by atoms with E-state index in [0.717, 1.165) is 32.0 Å². The van der Waals surface area contributed by atoms with Crippen LogP contribution in [0.4, 0.5) is 13.2 Å². The molecule has 0 spiro atoms. The largest absolute Gasteiger partial charge is 0.435 e. The Bertz CT molecular complexity index is 388. The molecule has 0 bridgehead atoms. The number of aromatic amines is 1. The van der Waals surface area contributed by atoms with Crippen LogP contribution in [0.15, 0.2) is 6.07 Å². The maximum Gasteiger partial charge on any atom is 0.435 e. The number of alkyl halides is 3. The van der Waals surface area contributed by atoms with Crippen LogP contribution in [-0.4, -0.2) is 41.3 Å². The predicted molar refractivity (Wildman–Crippen MR) is 60.9 cm³/mol. The van der Waals surface area contributed by atoms with Crippen LogP contribution in [0.3, 0.4) is 0 Å². The van der Waals surface area contributed by atoms with Gasteiger partial charge in [-0.05, 0) is 32.5 Å². The Balaban J connectivity index is 1.95. The Labute approximate surface area is 104 Å².